The average Bonchev–Trinajstić information content (AvgIpc) is 2.41. The topological polar surface area (TPSA) is 29.1 Å². The molecule has 2 nitrogen and oxygen atoms in total. The number of allylic oxidation sites excluding steroid dienone is 1. The molecule has 0 fully saturated rings. The van der Waals surface area contributed by atoms with E-state index in [1.165, 1.54) is 24.3 Å². The minimum atomic E-state index is -0.330. The number of carbonyl (C=O) groups is 1. The fourth-order valence-corrected chi connectivity index (χ4v) is 1.64. The fraction of sp³-hybridized carbons (Fsp3) is 0.0625. The van der Waals surface area contributed by atoms with Crippen molar-refractivity contribution < 1.29 is 9.18 Å². The summed E-state index contributed by atoms with van der Waals surface area (Å²) in [5.41, 5.74) is 3.06. The smallest absolute Gasteiger partial charge is 0.255 e. The second kappa shape index (κ2) is 5.48. The second-order valence-electron chi connectivity index (χ2n) is 4.32. The van der Waals surface area contributed by atoms with Crippen LogP contribution >= 0.6 is 0 Å². The van der Waals surface area contributed by atoms with E-state index in [0.717, 1.165) is 11.1 Å². The monoisotopic (exact) mass is 255 g/mol. The summed E-state index contributed by atoms with van der Waals surface area (Å²) < 4.78 is 12.7. The van der Waals surface area contributed by atoms with Gasteiger partial charge in [-0.1, -0.05) is 24.3 Å². The lowest BCUT2D eigenvalue weighted by Gasteiger charge is -2.06. The van der Waals surface area contributed by atoms with Gasteiger partial charge in [0.15, 0.2) is 0 Å². The average molecular weight is 255 g/mol. The van der Waals surface area contributed by atoms with Crippen LogP contribution in [0.2, 0.25) is 0 Å². The van der Waals surface area contributed by atoms with Gasteiger partial charge >= 0.3 is 0 Å². The van der Waals surface area contributed by atoms with Crippen molar-refractivity contribution in [2.24, 2.45) is 0 Å². The van der Waals surface area contributed by atoms with Crippen molar-refractivity contribution >= 4 is 17.2 Å². The number of carbonyl (C=O) groups excluding carboxylic acids is 1. The van der Waals surface area contributed by atoms with Gasteiger partial charge in [0.1, 0.15) is 5.82 Å². The first kappa shape index (κ1) is 13.0. The highest BCUT2D eigenvalue weighted by Crippen LogP contribution is 2.14. The second-order valence-corrected chi connectivity index (χ2v) is 4.32. The molecule has 0 saturated heterocycles. The van der Waals surface area contributed by atoms with E-state index in [2.05, 4.69) is 11.9 Å². The number of hydrogen-bond donors (Lipinski definition) is 1. The van der Waals surface area contributed by atoms with Gasteiger partial charge in [0.25, 0.3) is 5.91 Å². The lowest BCUT2D eigenvalue weighted by atomic mass is 10.1. The number of amides is 1. The Morgan fingerprint density at radius 3 is 2.05 bits per heavy atom. The van der Waals surface area contributed by atoms with Crippen LogP contribution in [-0.2, 0) is 0 Å². The van der Waals surface area contributed by atoms with Crippen LogP contribution in [-0.4, -0.2) is 5.91 Å². The summed E-state index contributed by atoms with van der Waals surface area (Å²) in [6.07, 6.45) is 0. The molecular formula is C16H14FNO. The Kier molecular flexibility index (Phi) is 3.76. The third-order valence-electron chi connectivity index (χ3n) is 2.74. The number of rotatable bonds is 3. The van der Waals surface area contributed by atoms with Crippen LogP contribution in [0.3, 0.4) is 0 Å². The van der Waals surface area contributed by atoms with Gasteiger partial charge in [-0.25, -0.2) is 4.39 Å². The zero-order chi connectivity index (χ0) is 13.8. The minimum Gasteiger partial charge on any atom is -0.322 e. The van der Waals surface area contributed by atoms with Crippen molar-refractivity contribution in [3.63, 3.8) is 0 Å². The molecule has 0 heterocycles. The standard InChI is InChI=1S/C16H14FNO/c1-11(2)12-3-5-13(6-4-12)16(19)18-15-9-7-14(17)8-10-15/h3-10H,1H2,2H3,(H,18,19). The zero-order valence-corrected chi connectivity index (χ0v) is 10.6. The van der Waals surface area contributed by atoms with E-state index in [9.17, 15) is 9.18 Å². The Hall–Kier alpha value is -2.42. The van der Waals surface area contributed by atoms with Crippen molar-refractivity contribution in [3.8, 4) is 0 Å². The lowest BCUT2D eigenvalue weighted by Crippen LogP contribution is -2.11. The van der Waals surface area contributed by atoms with Crippen molar-refractivity contribution in [1.82, 2.24) is 0 Å². The molecule has 0 aliphatic rings. The Morgan fingerprint density at radius 2 is 1.53 bits per heavy atom. The van der Waals surface area contributed by atoms with E-state index in [0.29, 0.717) is 11.3 Å². The fourth-order valence-electron chi connectivity index (χ4n) is 1.64. The van der Waals surface area contributed by atoms with E-state index in [4.69, 9.17) is 0 Å². The van der Waals surface area contributed by atoms with Gasteiger partial charge < -0.3 is 5.32 Å². The summed E-state index contributed by atoms with van der Waals surface area (Å²) in [6, 6.07) is 12.8. The van der Waals surface area contributed by atoms with Crippen LogP contribution in [0.1, 0.15) is 22.8 Å². The molecule has 1 N–H and O–H groups in total. The Morgan fingerprint density at radius 1 is 1.00 bits per heavy atom. The molecule has 2 rings (SSSR count). The molecule has 1 amide bonds. The van der Waals surface area contributed by atoms with Gasteiger partial charge in [-0.3, -0.25) is 4.79 Å². The predicted molar refractivity (Wildman–Crippen MR) is 75.5 cm³/mol. The van der Waals surface area contributed by atoms with Crippen LogP contribution < -0.4 is 5.32 Å². The largest absolute Gasteiger partial charge is 0.322 e. The highest BCUT2D eigenvalue weighted by molar-refractivity contribution is 6.04. The Labute approximate surface area is 111 Å². The van der Waals surface area contributed by atoms with Gasteiger partial charge in [-0.15, -0.1) is 0 Å². The molecule has 0 saturated carbocycles. The normalized spacial score (nSPS) is 10.0. The van der Waals surface area contributed by atoms with Crippen LogP contribution in [0.15, 0.2) is 55.1 Å². The van der Waals surface area contributed by atoms with E-state index in [1.54, 1.807) is 12.1 Å². The number of benzene rings is 2. The van der Waals surface area contributed by atoms with Crippen LogP contribution in [0, 0.1) is 5.82 Å². The summed E-state index contributed by atoms with van der Waals surface area (Å²) in [6.45, 7) is 5.75. The van der Waals surface area contributed by atoms with Crippen LogP contribution in [0.4, 0.5) is 10.1 Å². The first-order valence-corrected chi connectivity index (χ1v) is 5.89. The molecule has 0 radical (unpaired) electrons. The maximum Gasteiger partial charge on any atom is 0.255 e. The van der Waals surface area contributed by atoms with Crippen LogP contribution in [0.5, 0.6) is 0 Å². The number of nitrogens with one attached hydrogen (secondary N) is 1. The Bertz CT molecular complexity index is 600. The first-order valence-electron chi connectivity index (χ1n) is 5.89. The molecule has 96 valence electrons. The molecular weight excluding hydrogens is 241 g/mol. The van der Waals surface area contributed by atoms with E-state index in [1.807, 2.05) is 19.1 Å². The quantitative estimate of drug-likeness (QED) is 0.878. The van der Waals surface area contributed by atoms with Gasteiger partial charge in [0.2, 0.25) is 0 Å². The summed E-state index contributed by atoms with van der Waals surface area (Å²) in [7, 11) is 0. The third-order valence-corrected chi connectivity index (χ3v) is 2.74. The van der Waals surface area contributed by atoms with Crippen molar-refractivity contribution in [1.29, 1.82) is 0 Å². The first-order chi connectivity index (χ1) is 9.06. The van der Waals surface area contributed by atoms with Crippen molar-refractivity contribution in [2.45, 2.75) is 6.92 Å². The predicted octanol–water partition coefficient (Wildman–Crippen LogP) is 4.11. The molecule has 2 aromatic rings. The molecule has 0 unspecified atom stereocenters. The zero-order valence-electron chi connectivity index (χ0n) is 10.6. The molecule has 0 aliphatic heterocycles. The molecule has 0 aromatic heterocycles. The molecule has 3 heteroatoms. The van der Waals surface area contributed by atoms with Gasteiger partial charge in [-0.2, -0.15) is 0 Å². The number of anilines is 1. The molecule has 0 aliphatic carbocycles. The summed E-state index contributed by atoms with van der Waals surface area (Å²) in [5.74, 6) is -0.552. The highest BCUT2D eigenvalue weighted by atomic mass is 19.1. The molecule has 0 spiro atoms. The molecule has 0 atom stereocenters. The van der Waals surface area contributed by atoms with Gasteiger partial charge in [0.05, 0.1) is 0 Å². The van der Waals surface area contributed by atoms with Crippen LogP contribution in [0.25, 0.3) is 5.57 Å². The highest BCUT2D eigenvalue weighted by Gasteiger charge is 2.06. The van der Waals surface area contributed by atoms with Crippen molar-refractivity contribution in [3.05, 3.63) is 72.1 Å². The lowest BCUT2D eigenvalue weighted by molar-refractivity contribution is 0.102. The van der Waals surface area contributed by atoms with E-state index in [-0.39, 0.29) is 11.7 Å². The summed E-state index contributed by atoms with van der Waals surface area (Å²) in [5, 5.41) is 2.71. The number of hydrogen-bond acceptors (Lipinski definition) is 1. The van der Waals surface area contributed by atoms with Gasteiger partial charge in [0, 0.05) is 11.3 Å². The van der Waals surface area contributed by atoms with E-state index < -0.39 is 0 Å². The summed E-state index contributed by atoms with van der Waals surface area (Å²) in [4.78, 5) is 12.0. The van der Waals surface area contributed by atoms with Gasteiger partial charge in [-0.05, 0) is 48.9 Å². The molecule has 0 bridgehead atoms. The third kappa shape index (κ3) is 3.28. The maximum absolute atomic E-state index is 12.7. The maximum atomic E-state index is 12.7. The van der Waals surface area contributed by atoms with Crippen molar-refractivity contribution in [2.75, 3.05) is 5.32 Å². The number of halogens is 1. The Balaban J connectivity index is 2.11. The van der Waals surface area contributed by atoms with E-state index >= 15 is 0 Å². The summed E-state index contributed by atoms with van der Waals surface area (Å²) >= 11 is 0. The molecule has 2 aromatic carbocycles. The molecule has 19 heavy (non-hydrogen) atoms. The SMILES string of the molecule is C=C(C)c1ccc(C(=O)Nc2ccc(F)cc2)cc1. The minimum absolute atomic E-state index is 0.222.